The van der Waals surface area contributed by atoms with Crippen LogP contribution in [0.1, 0.15) is 39.0 Å². The zero-order chi connectivity index (χ0) is 12.5. The van der Waals surface area contributed by atoms with Gasteiger partial charge in [0.1, 0.15) is 0 Å². The molecule has 1 N–H and O–H groups in total. The molecule has 0 radical (unpaired) electrons. The Balaban J connectivity index is 2.12. The maximum atomic E-state index is 12.0. The van der Waals surface area contributed by atoms with Gasteiger partial charge in [-0.3, -0.25) is 4.79 Å². The number of unbranched alkanes of at least 4 members (excludes halogenated alkanes) is 2. The summed E-state index contributed by atoms with van der Waals surface area (Å²) in [4.78, 5) is 14.0. The van der Waals surface area contributed by atoms with Crippen LogP contribution in [-0.2, 0) is 4.79 Å². The van der Waals surface area contributed by atoms with Crippen LogP contribution < -0.4 is 5.32 Å². The summed E-state index contributed by atoms with van der Waals surface area (Å²) in [6, 6.07) is 0.0983. The predicted octanol–water partition coefficient (Wildman–Crippen LogP) is 2.12. The molecule has 100 valence electrons. The molecule has 1 amide bonds. The van der Waals surface area contributed by atoms with E-state index in [1.807, 2.05) is 16.7 Å². The number of amides is 1. The molecule has 0 aromatic carbocycles. The number of nitrogens with one attached hydrogen (secondary N) is 1. The number of likely N-dealkylation sites (tertiary alicyclic amines) is 1. The van der Waals surface area contributed by atoms with Crippen molar-refractivity contribution in [3.63, 3.8) is 0 Å². The van der Waals surface area contributed by atoms with Gasteiger partial charge >= 0.3 is 0 Å². The summed E-state index contributed by atoms with van der Waals surface area (Å²) in [7, 11) is 0. The molecule has 0 spiro atoms. The van der Waals surface area contributed by atoms with Crippen LogP contribution in [0.2, 0.25) is 0 Å². The lowest BCUT2D eigenvalue weighted by Gasteiger charge is -2.16. The molecule has 4 heteroatoms. The lowest BCUT2D eigenvalue weighted by atomic mass is 10.2. The predicted molar refractivity (Wildman–Crippen MR) is 75.5 cm³/mol. The summed E-state index contributed by atoms with van der Waals surface area (Å²) in [5.74, 6) is 1.57. The van der Waals surface area contributed by atoms with Gasteiger partial charge in [-0.2, -0.15) is 11.8 Å². The maximum absolute atomic E-state index is 12.0. The van der Waals surface area contributed by atoms with Crippen LogP contribution in [0.25, 0.3) is 0 Å². The smallest absolute Gasteiger partial charge is 0.239 e. The standard InChI is InChI=1S/C13H26N2OS/c1-3-8-14-12-7-10-15(13(12)16)9-5-4-6-11-17-2/h12,14H,3-11H2,1-2H3. The average Bonchev–Trinajstić information content (AvgIpc) is 2.68. The Hall–Kier alpha value is -0.220. The summed E-state index contributed by atoms with van der Waals surface area (Å²) in [5.41, 5.74) is 0. The highest BCUT2D eigenvalue weighted by molar-refractivity contribution is 7.98. The van der Waals surface area contributed by atoms with E-state index < -0.39 is 0 Å². The lowest BCUT2D eigenvalue weighted by molar-refractivity contribution is -0.129. The fraction of sp³-hybridized carbons (Fsp3) is 0.923. The highest BCUT2D eigenvalue weighted by Gasteiger charge is 2.30. The summed E-state index contributed by atoms with van der Waals surface area (Å²) in [6.07, 6.45) is 7.92. The molecular weight excluding hydrogens is 232 g/mol. The Morgan fingerprint density at radius 3 is 2.94 bits per heavy atom. The minimum Gasteiger partial charge on any atom is -0.341 e. The molecule has 3 nitrogen and oxygen atoms in total. The Morgan fingerprint density at radius 2 is 2.24 bits per heavy atom. The fourth-order valence-electron chi connectivity index (χ4n) is 2.19. The Kier molecular flexibility index (Phi) is 7.69. The number of thioether (sulfide) groups is 1. The van der Waals surface area contributed by atoms with Crippen LogP contribution in [0.3, 0.4) is 0 Å². The van der Waals surface area contributed by atoms with Crippen molar-refractivity contribution in [1.82, 2.24) is 10.2 Å². The van der Waals surface area contributed by atoms with Gasteiger partial charge in [-0.05, 0) is 44.2 Å². The third kappa shape index (κ3) is 5.30. The van der Waals surface area contributed by atoms with Gasteiger partial charge < -0.3 is 10.2 Å². The number of carbonyl (C=O) groups excluding carboxylic acids is 1. The fourth-order valence-corrected chi connectivity index (χ4v) is 2.69. The molecule has 1 aliphatic rings. The second-order valence-corrected chi connectivity index (χ2v) is 5.66. The van der Waals surface area contributed by atoms with E-state index >= 15 is 0 Å². The van der Waals surface area contributed by atoms with Crippen molar-refractivity contribution < 1.29 is 4.79 Å². The topological polar surface area (TPSA) is 32.3 Å². The Bertz CT molecular complexity index is 223. The zero-order valence-electron chi connectivity index (χ0n) is 11.2. The van der Waals surface area contributed by atoms with E-state index in [0.717, 1.165) is 38.9 Å². The first-order valence-corrected chi connectivity index (χ1v) is 8.20. The summed E-state index contributed by atoms with van der Waals surface area (Å²) in [6.45, 7) is 4.99. The molecule has 0 aromatic rings. The third-order valence-electron chi connectivity index (χ3n) is 3.21. The van der Waals surface area contributed by atoms with E-state index in [4.69, 9.17) is 0 Å². The van der Waals surface area contributed by atoms with Gasteiger partial charge in [-0.15, -0.1) is 0 Å². The second kappa shape index (κ2) is 8.81. The molecule has 1 saturated heterocycles. The molecule has 1 aliphatic heterocycles. The number of hydrogen-bond donors (Lipinski definition) is 1. The van der Waals surface area contributed by atoms with Gasteiger partial charge in [0.05, 0.1) is 6.04 Å². The van der Waals surface area contributed by atoms with E-state index in [1.165, 1.54) is 18.6 Å². The van der Waals surface area contributed by atoms with Gasteiger partial charge in [-0.25, -0.2) is 0 Å². The highest BCUT2D eigenvalue weighted by atomic mass is 32.2. The van der Waals surface area contributed by atoms with Crippen molar-refractivity contribution in [1.29, 1.82) is 0 Å². The van der Waals surface area contributed by atoms with Crippen molar-refractivity contribution in [2.24, 2.45) is 0 Å². The van der Waals surface area contributed by atoms with Gasteiger partial charge in [0.15, 0.2) is 0 Å². The molecule has 1 atom stereocenters. The minimum atomic E-state index is 0.0983. The van der Waals surface area contributed by atoms with Gasteiger partial charge in [0.25, 0.3) is 0 Å². The first-order chi connectivity index (χ1) is 8.29. The monoisotopic (exact) mass is 258 g/mol. The maximum Gasteiger partial charge on any atom is 0.239 e. The third-order valence-corrected chi connectivity index (χ3v) is 3.91. The average molecular weight is 258 g/mol. The minimum absolute atomic E-state index is 0.0983. The lowest BCUT2D eigenvalue weighted by Crippen LogP contribution is -2.38. The Morgan fingerprint density at radius 1 is 1.41 bits per heavy atom. The van der Waals surface area contributed by atoms with Gasteiger partial charge in [-0.1, -0.05) is 13.3 Å². The SMILES string of the molecule is CCCNC1CCN(CCCCCSC)C1=O. The quantitative estimate of drug-likeness (QED) is 0.643. The largest absolute Gasteiger partial charge is 0.341 e. The molecular formula is C13H26N2OS. The van der Waals surface area contributed by atoms with Crippen LogP contribution in [0.15, 0.2) is 0 Å². The van der Waals surface area contributed by atoms with E-state index in [1.54, 1.807) is 0 Å². The summed E-state index contributed by atoms with van der Waals surface area (Å²) >= 11 is 1.90. The number of carbonyl (C=O) groups is 1. The van der Waals surface area contributed by atoms with Crippen LogP contribution >= 0.6 is 11.8 Å². The van der Waals surface area contributed by atoms with Crippen LogP contribution in [-0.4, -0.2) is 48.5 Å². The number of rotatable bonds is 9. The Labute approximate surface area is 110 Å². The van der Waals surface area contributed by atoms with Crippen molar-refractivity contribution in [3.8, 4) is 0 Å². The van der Waals surface area contributed by atoms with Gasteiger partial charge in [0.2, 0.25) is 5.91 Å². The normalized spacial score (nSPS) is 20.2. The van der Waals surface area contributed by atoms with Crippen LogP contribution in [0, 0.1) is 0 Å². The van der Waals surface area contributed by atoms with E-state index in [2.05, 4.69) is 18.5 Å². The number of hydrogen-bond acceptors (Lipinski definition) is 3. The molecule has 0 bridgehead atoms. The number of nitrogens with zero attached hydrogens (tertiary/aromatic N) is 1. The summed E-state index contributed by atoms with van der Waals surface area (Å²) < 4.78 is 0. The molecule has 17 heavy (non-hydrogen) atoms. The van der Waals surface area contributed by atoms with E-state index in [0.29, 0.717) is 5.91 Å². The second-order valence-electron chi connectivity index (χ2n) is 4.67. The summed E-state index contributed by atoms with van der Waals surface area (Å²) in [5, 5.41) is 3.33. The highest BCUT2D eigenvalue weighted by Crippen LogP contribution is 2.13. The van der Waals surface area contributed by atoms with Crippen molar-refractivity contribution in [2.75, 3.05) is 31.6 Å². The first-order valence-electron chi connectivity index (χ1n) is 6.80. The zero-order valence-corrected chi connectivity index (χ0v) is 12.0. The van der Waals surface area contributed by atoms with Crippen molar-refractivity contribution in [3.05, 3.63) is 0 Å². The first kappa shape index (κ1) is 14.8. The molecule has 0 aliphatic carbocycles. The molecule has 1 heterocycles. The van der Waals surface area contributed by atoms with Crippen LogP contribution in [0.5, 0.6) is 0 Å². The molecule has 1 rings (SSSR count). The van der Waals surface area contributed by atoms with Gasteiger partial charge in [0, 0.05) is 13.1 Å². The molecule has 1 unspecified atom stereocenters. The molecule has 0 aromatic heterocycles. The van der Waals surface area contributed by atoms with E-state index in [9.17, 15) is 4.79 Å². The van der Waals surface area contributed by atoms with Crippen LogP contribution in [0.4, 0.5) is 0 Å². The molecule has 1 fully saturated rings. The van der Waals surface area contributed by atoms with Crippen molar-refractivity contribution in [2.45, 2.75) is 45.1 Å². The van der Waals surface area contributed by atoms with Crippen molar-refractivity contribution >= 4 is 17.7 Å². The van der Waals surface area contributed by atoms with E-state index in [-0.39, 0.29) is 6.04 Å². The molecule has 0 saturated carbocycles.